The fraction of sp³-hybridized carbons (Fsp3) is 0.857. The molecular formula is C14H27ClN2O4. The summed E-state index contributed by atoms with van der Waals surface area (Å²) in [6.07, 6.45) is 0.201. The molecule has 1 fully saturated rings. The van der Waals surface area contributed by atoms with Gasteiger partial charge in [-0.3, -0.25) is 9.59 Å². The number of morpholine rings is 1. The van der Waals surface area contributed by atoms with Crippen molar-refractivity contribution in [2.45, 2.75) is 33.3 Å². The van der Waals surface area contributed by atoms with Gasteiger partial charge in [-0.05, 0) is 12.8 Å². The summed E-state index contributed by atoms with van der Waals surface area (Å²) in [6, 6.07) is 0. The fourth-order valence-corrected chi connectivity index (χ4v) is 2.13. The third kappa shape index (κ3) is 8.24. The molecule has 0 aromatic rings. The number of ether oxygens (including phenoxy) is 2. The number of amides is 1. The molecule has 1 amide bonds. The number of carbonyl (C=O) groups excluding carboxylic acids is 2. The van der Waals surface area contributed by atoms with E-state index in [1.165, 1.54) is 0 Å². The maximum absolute atomic E-state index is 12.3. The van der Waals surface area contributed by atoms with E-state index in [1.54, 1.807) is 11.8 Å². The molecular weight excluding hydrogens is 296 g/mol. The molecule has 1 aliphatic rings. The SMILES string of the molecule is CCOC(=O)CN(CC(C)C)C(=O)CC1CNCCO1.Cl. The van der Waals surface area contributed by atoms with E-state index in [-0.39, 0.29) is 36.9 Å². The van der Waals surface area contributed by atoms with Crippen LogP contribution in [0.3, 0.4) is 0 Å². The van der Waals surface area contributed by atoms with Gasteiger partial charge in [-0.25, -0.2) is 0 Å². The average Bonchev–Trinajstić information content (AvgIpc) is 2.39. The molecule has 0 saturated carbocycles. The Hall–Kier alpha value is -0.850. The van der Waals surface area contributed by atoms with E-state index in [0.29, 0.717) is 38.6 Å². The van der Waals surface area contributed by atoms with Crippen LogP contribution in [0.1, 0.15) is 27.2 Å². The molecule has 0 aromatic heterocycles. The van der Waals surface area contributed by atoms with Crippen LogP contribution in [0.5, 0.6) is 0 Å². The fourth-order valence-electron chi connectivity index (χ4n) is 2.13. The monoisotopic (exact) mass is 322 g/mol. The van der Waals surface area contributed by atoms with Gasteiger partial charge in [0, 0.05) is 19.6 Å². The summed E-state index contributed by atoms with van der Waals surface area (Å²) in [5.41, 5.74) is 0. The first-order valence-electron chi connectivity index (χ1n) is 7.28. The highest BCUT2D eigenvalue weighted by Gasteiger charge is 2.24. The molecule has 1 saturated heterocycles. The standard InChI is InChI=1S/C14H26N2O4.ClH/c1-4-19-14(18)10-16(9-11(2)3)13(17)7-12-8-15-5-6-20-12;/h11-12,15H,4-10H2,1-3H3;1H. The van der Waals surface area contributed by atoms with Gasteiger partial charge in [0.15, 0.2) is 0 Å². The van der Waals surface area contributed by atoms with Gasteiger partial charge in [0.2, 0.25) is 5.91 Å². The number of halogens is 1. The Balaban J connectivity index is 0.00000400. The minimum atomic E-state index is -0.357. The summed E-state index contributed by atoms with van der Waals surface area (Å²) < 4.78 is 10.4. The molecule has 0 aliphatic carbocycles. The van der Waals surface area contributed by atoms with Gasteiger partial charge in [-0.2, -0.15) is 0 Å². The number of nitrogens with zero attached hydrogens (tertiary/aromatic N) is 1. The lowest BCUT2D eigenvalue weighted by Gasteiger charge is -2.28. The predicted molar refractivity (Wildman–Crippen MR) is 82.5 cm³/mol. The van der Waals surface area contributed by atoms with Crippen LogP contribution in [0.4, 0.5) is 0 Å². The smallest absolute Gasteiger partial charge is 0.325 e. The highest BCUT2D eigenvalue weighted by atomic mass is 35.5. The lowest BCUT2D eigenvalue weighted by molar-refractivity contribution is -0.150. The van der Waals surface area contributed by atoms with Crippen LogP contribution in [-0.2, 0) is 19.1 Å². The first-order valence-corrected chi connectivity index (χ1v) is 7.28. The van der Waals surface area contributed by atoms with E-state index in [0.717, 1.165) is 6.54 Å². The Labute approximate surface area is 132 Å². The van der Waals surface area contributed by atoms with Crippen LogP contribution in [0.2, 0.25) is 0 Å². The third-order valence-corrected chi connectivity index (χ3v) is 2.97. The summed E-state index contributed by atoms with van der Waals surface area (Å²) in [5.74, 6) is -0.108. The summed E-state index contributed by atoms with van der Waals surface area (Å²) in [5, 5.41) is 3.19. The van der Waals surface area contributed by atoms with Gasteiger partial charge < -0.3 is 19.7 Å². The molecule has 1 atom stereocenters. The summed E-state index contributed by atoms with van der Waals surface area (Å²) in [4.78, 5) is 25.4. The van der Waals surface area contributed by atoms with Gasteiger partial charge in [0.05, 0.1) is 25.7 Å². The molecule has 1 heterocycles. The van der Waals surface area contributed by atoms with E-state index in [4.69, 9.17) is 9.47 Å². The minimum absolute atomic E-state index is 0. The predicted octanol–water partition coefficient (Wildman–Crippen LogP) is 0.834. The quantitative estimate of drug-likeness (QED) is 0.703. The van der Waals surface area contributed by atoms with Crippen molar-refractivity contribution in [3.8, 4) is 0 Å². The van der Waals surface area contributed by atoms with Gasteiger partial charge in [0.1, 0.15) is 6.54 Å². The van der Waals surface area contributed by atoms with E-state index >= 15 is 0 Å². The van der Waals surface area contributed by atoms with Crippen molar-refractivity contribution in [2.75, 3.05) is 39.4 Å². The van der Waals surface area contributed by atoms with Crippen LogP contribution in [0.15, 0.2) is 0 Å². The van der Waals surface area contributed by atoms with Crippen molar-refractivity contribution >= 4 is 24.3 Å². The van der Waals surface area contributed by atoms with Gasteiger partial charge in [-0.1, -0.05) is 13.8 Å². The van der Waals surface area contributed by atoms with E-state index < -0.39 is 0 Å². The van der Waals surface area contributed by atoms with Crippen LogP contribution < -0.4 is 5.32 Å². The molecule has 0 bridgehead atoms. The zero-order valence-corrected chi connectivity index (χ0v) is 13.9. The largest absolute Gasteiger partial charge is 0.465 e. The Morgan fingerprint density at radius 3 is 2.67 bits per heavy atom. The van der Waals surface area contributed by atoms with Crippen molar-refractivity contribution < 1.29 is 19.1 Å². The van der Waals surface area contributed by atoms with E-state index in [2.05, 4.69) is 5.32 Å². The Bertz CT molecular complexity index is 320. The molecule has 7 heteroatoms. The van der Waals surface area contributed by atoms with E-state index in [1.807, 2.05) is 13.8 Å². The number of hydrogen-bond donors (Lipinski definition) is 1. The molecule has 124 valence electrons. The number of rotatable bonds is 7. The second-order valence-electron chi connectivity index (χ2n) is 5.37. The van der Waals surface area contributed by atoms with Crippen molar-refractivity contribution in [3.63, 3.8) is 0 Å². The van der Waals surface area contributed by atoms with Crippen molar-refractivity contribution in [3.05, 3.63) is 0 Å². The third-order valence-electron chi connectivity index (χ3n) is 2.97. The van der Waals surface area contributed by atoms with Gasteiger partial charge in [-0.15, -0.1) is 12.4 Å². The zero-order valence-electron chi connectivity index (χ0n) is 13.1. The molecule has 0 spiro atoms. The van der Waals surface area contributed by atoms with Gasteiger partial charge >= 0.3 is 5.97 Å². The van der Waals surface area contributed by atoms with Crippen LogP contribution in [0, 0.1) is 5.92 Å². The lowest BCUT2D eigenvalue weighted by Crippen LogP contribution is -2.44. The molecule has 0 aromatic carbocycles. The highest BCUT2D eigenvalue weighted by molar-refractivity contribution is 5.85. The maximum atomic E-state index is 12.3. The topological polar surface area (TPSA) is 67.9 Å². The molecule has 1 rings (SSSR count). The Morgan fingerprint density at radius 2 is 2.14 bits per heavy atom. The van der Waals surface area contributed by atoms with Crippen LogP contribution in [0.25, 0.3) is 0 Å². The molecule has 21 heavy (non-hydrogen) atoms. The number of carbonyl (C=O) groups is 2. The summed E-state index contributed by atoms with van der Waals surface area (Å²) in [7, 11) is 0. The van der Waals surface area contributed by atoms with Crippen LogP contribution >= 0.6 is 12.4 Å². The minimum Gasteiger partial charge on any atom is -0.465 e. The molecule has 1 aliphatic heterocycles. The second kappa shape index (κ2) is 10.8. The summed E-state index contributed by atoms with van der Waals surface area (Å²) in [6.45, 7) is 8.83. The highest BCUT2D eigenvalue weighted by Crippen LogP contribution is 2.08. The van der Waals surface area contributed by atoms with Crippen molar-refractivity contribution in [2.24, 2.45) is 5.92 Å². The molecule has 1 N–H and O–H groups in total. The Kier molecular flexibility index (Phi) is 10.4. The molecule has 6 nitrogen and oxygen atoms in total. The average molecular weight is 323 g/mol. The van der Waals surface area contributed by atoms with Crippen molar-refractivity contribution in [1.82, 2.24) is 10.2 Å². The maximum Gasteiger partial charge on any atom is 0.325 e. The molecule has 1 unspecified atom stereocenters. The first-order chi connectivity index (χ1) is 9.52. The first kappa shape index (κ1) is 20.1. The van der Waals surface area contributed by atoms with Crippen molar-refractivity contribution in [1.29, 1.82) is 0 Å². The Morgan fingerprint density at radius 1 is 1.43 bits per heavy atom. The van der Waals surface area contributed by atoms with E-state index in [9.17, 15) is 9.59 Å². The second-order valence-corrected chi connectivity index (χ2v) is 5.37. The zero-order chi connectivity index (χ0) is 15.0. The number of hydrogen-bond acceptors (Lipinski definition) is 5. The molecule has 0 radical (unpaired) electrons. The van der Waals surface area contributed by atoms with Gasteiger partial charge in [0.25, 0.3) is 0 Å². The summed E-state index contributed by atoms with van der Waals surface area (Å²) >= 11 is 0. The van der Waals surface area contributed by atoms with Crippen LogP contribution in [-0.4, -0.2) is 62.3 Å². The number of nitrogens with one attached hydrogen (secondary N) is 1. The normalized spacial score (nSPS) is 18.0. The lowest BCUT2D eigenvalue weighted by atomic mass is 10.1. The number of esters is 1.